The van der Waals surface area contributed by atoms with Gasteiger partial charge in [-0.15, -0.1) is 11.3 Å². The van der Waals surface area contributed by atoms with E-state index in [1.807, 2.05) is 30.3 Å². The summed E-state index contributed by atoms with van der Waals surface area (Å²) in [7, 11) is -2.47. The quantitative estimate of drug-likeness (QED) is 0.0672. The van der Waals surface area contributed by atoms with Crippen LogP contribution in [0.3, 0.4) is 0 Å². The number of sulfonamides is 1. The molecule has 204 valence electrons. The third-order valence-electron chi connectivity index (χ3n) is 5.89. The van der Waals surface area contributed by atoms with E-state index in [4.69, 9.17) is 15.7 Å². The molecular formula is C27H29N5O5S2. The Morgan fingerprint density at radius 2 is 1.87 bits per heavy atom. The van der Waals surface area contributed by atoms with Crippen molar-refractivity contribution in [1.29, 1.82) is 0 Å². The Morgan fingerprint density at radius 1 is 1.10 bits per heavy atom. The number of carbonyl (C=O) groups is 1. The van der Waals surface area contributed by atoms with Crippen molar-refractivity contribution in [3.8, 4) is 0 Å². The molecule has 0 saturated heterocycles. The highest BCUT2D eigenvalue weighted by molar-refractivity contribution is 7.89. The predicted molar refractivity (Wildman–Crippen MR) is 151 cm³/mol. The van der Waals surface area contributed by atoms with Crippen LogP contribution in [0.5, 0.6) is 0 Å². The monoisotopic (exact) mass is 567 g/mol. The SMILES string of the molecule is COCCCNC(=O)c1cccc(S(=O)(=O)NC(Cc2cccc(/C(N)=N\O)c2)c2nc3ccccc3s2)c1. The van der Waals surface area contributed by atoms with Gasteiger partial charge in [0.2, 0.25) is 10.0 Å². The average molecular weight is 568 g/mol. The molecule has 0 fully saturated rings. The highest BCUT2D eigenvalue weighted by Gasteiger charge is 2.25. The first-order chi connectivity index (χ1) is 18.8. The Hall–Kier alpha value is -3.84. The molecule has 1 heterocycles. The number of ether oxygens (including phenoxy) is 1. The van der Waals surface area contributed by atoms with E-state index in [1.165, 1.54) is 29.5 Å². The van der Waals surface area contributed by atoms with Gasteiger partial charge < -0.3 is 21.0 Å². The Bertz CT molecular complexity index is 1550. The third-order valence-corrected chi connectivity index (χ3v) is 8.51. The van der Waals surface area contributed by atoms with Crippen LogP contribution in [0.25, 0.3) is 10.2 Å². The van der Waals surface area contributed by atoms with Crippen molar-refractivity contribution in [3.05, 3.63) is 94.5 Å². The molecule has 1 aromatic heterocycles. The number of nitrogens with one attached hydrogen (secondary N) is 2. The first-order valence-corrected chi connectivity index (χ1v) is 14.4. The standard InChI is InChI=1S/C27H29N5O5S2/c1-37-14-6-13-29-26(33)20-9-5-10-21(17-20)39(35,36)32-23(27-30-22-11-2-3-12-24(22)38-27)16-18-7-4-8-19(15-18)25(28)31-34/h2-5,7-12,15,17,23,32,34H,6,13-14,16H2,1H3,(H2,28,31)(H,29,33). The van der Waals surface area contributed by atoms with Gasteiger partial charge >= 0.3 is 0 Å². The normalized spacial score (nSPS) is 12.9. The first kappa shape index (κ1) is 28.2. The van der Waals surface area contributed by atoms with Crippen LogP contribution in [0, 0.1) is 0 Å². The van der Waals surface area contributed by atoms with E-state index in [9.17, 15) is 13.2 Å². The lowest BCUT2D eigenvalue weighted by Gasteiger charge is -2.18. The van der Waals surface area contributed by atoms with Crippen molar-refractivity contribution < 1.29 is 23.2 Å². The van der Waals surface area contributed by atoms with E-state index in [2.05, 4.69) is 20.2 Å². The number of amides is 1. The maximum Gasteiger partial charge on any atom is 0.251 e. The number of para-hydroxylation sites is 1. The number of benzene rings is 3. The fraction of sp³-hybridized carbons (Fsp3) is 0.222. The minimum atomic E-state index is -4.05. The summed E-state index contributed by atoms with van der Waals surface area (Å²) in [6, 6.07) is 19.7. The van der Waals surface area contributed by atoms with Crippen LogP contribution in [-0.2, 0) is 21.2 Å². The van der Waals surface area contributed by atoms with Gasteiger partial charge in [0.15, 0.2) is 5.84 Å². The Kier molecular flexibility index (Phi) is 9.25. The average Bonchev–Trinajstić information content (AvgIpc) is 3.39. The minimum Gasteiger partial charge on any atom is -0.409 e. The minimum absolute atomic E-state index is 0.0384. The molecule has 0 aliphatic heterocycles. The van der Waals surface area contributed by atoms with E-state index in [0.717, 1.165) is 15.8 Å². The van der Waals surface area contributed by atoms with Crippen LogP contribution < -0.4 is 15.8 Å². The van der Waals surface area contributed by atoms with Gasteiger partial charge in [-0.2, -0.15) is 0 Å². The van der Waals surface area contributed by atoms with Crippen LogP contribution in [0.2, 0.25) is 0 Å². The molecule has 0 aliphatic rings. The number of amidine groups is 1. The third kappa shape index (κ3) is 7.18. The van der Waals surface area contributed by atoms with Crippen LogP contribution in [0.1, 0.15) is 39.0 Å². The van der Waals surface area contributed by atoms with Gasteiger partial charge in [-0.05, 0) is 54.8 Å². The molecular weight excluding hydrogens is 538 g/mol. The largest absolute Gasteiger partial charge is 0.409 e. The Labute approximate surface area is 230 Å². The second kappa shape index (κ2) is 12.8. The van der Waals surface area contributed by atoms with Gasteiger partial charge in [-0.3, -0.25) is 4.79 Å². The highest BCUT2D eigenvalue weighted by atomic mass is 32.2. The van der Waals surface area contributed by atoms with Crippen LogP contribution in [-0.4, -0.2) is 50.6 Å². The van der Waals surface area contributed by atoms with E-state index in [-0.39, 0.29) is 28.6 Å². The topological polar surface area (TPSA) is 156 Å². The number of oxime groups is 1. The summed E-state index contributed by atoms with van der Waals surface area (Å²) < 4.78 is 35.8. The van der Waals surface area contributed by atoms with Gasteiger partial charge in [0.05, 0.1) is 21.2 Å². The lowest BCUT2D eigenvalue weighted by Crippen LogP contribution is -2.31. The first-order valence-electron chi connectivity index (χ1n) is 12.1. The molecule has 1 amide bonds. The molecule has 3 aromatic carbocycles. The lowest BCUT2D eigenvalue weighted by atomic mass is 10.0. The molecule has 0 aliphatic carbocycles. The molecule has 4 rings (SSSR count). The van der Waals surface area contributed by atoms with Crippen molar-refractivity contribution in [3.63, 3.8) is 0 Å². The zero-order valence-corrected chi connectivity index (χ0v) is 22.8. The van der Waals surface area contributed by atoms with Gasteiger partial charge in [-0.25, -0.2) is 18.1 Å². The summed E-state index contributed by atoms with van der Waals surface area (Å²) in [5, 5.41) is 15.5. The summed E-state index contributed by atoms with van der Waals surface area (Å²) in [4.78, 5) is 17.2. The van der Waals surface area contributed by atoms with E-state index in [1.54, 1.807) is 31.4 Å². The zero-order valence-electron chi connectivity index (χ0n) is 21.2. The van der Waals surface area contributed by atoms with E-state index >= 15 is 0 Å². The summed E-state index contributed by atoms with van der Waals surface area (Å²) in [5.41, 5.74) is 8.02. The second-order valence-corrected chi connectivity index (χ2v) is 11.5. The lowest BCUT2D eigenvalue weighted by molar-refractivity contribution is 0.0948. The summed E-state index contributed by atoms with van der Waals surface area (Å²) >= 11 is 1.40. The fourth-order valence-electron chi connectivity index (χ4n) is 3.95. The second-order valence-electron chi connectivity index (χ2n) is 8.71. The van der Waals surface area contributed by atoms with Crippen molar-refractivity contribution >= 4 is 43.3 Å². The number of methoxy groups -OCH3 is 1. The number of fused-ring (bicyclic) bond motifs is 1. The molecule has 0 spiro atoms. The number of hydrogen-bond acceptors (Lipinski definition) is 8. The zero-order chi connectivity index (χ0) is 27.8. The molecule has 0 radical (unpaired) electrons. The van der Waals surface area contributed by atoms with Gasteiger partial charge in [0, 0.05) is 31.4 Å². The van der Waals surface area contributed by atoms with Crippen molar-refractivity contribution in [2.45, 2.75) is 23.8 Å². The molecule has 12 heteroatoms. The molecule has 0 bridgehead atoms. The fourth-order valence-corrected chi connectivity index (χ4v) is 6.29. The van der Waals surface area contributed by atoms with Crippen LogP contribution in [0.15, 0.2) is 82.8 Å². The maximum atomic E-state index is 13.6. The molecule has 4 aromatic rings. The number of hydrogen-bond donors (Lipinski definition) is 4. The van der Waals surface area contributed by atoms with Crippen molar-refractivity contribution in [2.24, 2.45) is 10.9 Å². The molecule has 10 nitrogen and oxygen atoms in total. The molecule has 5 N–H and O–H groups in total. The number of rotatable bonds is 12. The number of carbonyl (C=O) groups excluding carboxylic acids is 1. The van der Waals surface area contributed by atoms with Crippen molar-refractivity contribution in [1.82, 2.24) is 15.0 Å². The van der Waals surface area contributed by atoms with E-state index in [0.29, 0.717) is 30.1 Å². The number of nitrogens with two attached hydrogens (primary N) is 1. The van der Waals surface area contributed by atoms with Gasteiger partial charge in [-0.1, -0.05) is 41.6 Å². The number of aromatic nitrogens is 1. The molecule has 39 heavy (non-hydrogen) atoms. The molecule has 1 unspecified atom stereocenters. The van der Waals surface area contributed by atoms with Crippen LogP contribution in [0.4, 0.5) is 0 Å². The van der Waals surface area contributed by atoms with Crippen molar-refractivity contribution in [2.75, 3.05) is 20.3 Å². The highest BCUT2D eigenvalue weighted by Crippen LogP contribution is 2.30. The van der Waals surface area contributed by atoms with Crippen LogP contribution >= 0.6 is 11.3 Å². The van der Waals surface area contributed by atoms with Gasteiger partial charge in [0.25, 0.3) is 5.91 Å². The maximum absolute atomic E-state index is 13.6. The summed E-state index contributed by atoms with van der Waals surface area (Å²) in [6.07, 6.45) is 0.897. The predicted octanol–water partition coefficient (Wildman–Crippen LogP) is 3.42. The summed E-state index contributed by atoms with van der Waals surface area (Å²) in [6.45, 7) is 0.917. The number of nitrogens with zero attached hydrogens (tertiary/aromatic N) is 2. The Balaban J connectivity index is 1.63. The van der Waals surface area contributed by atoms with Gasteiger partial charge in [0.1, 0.15) is 5.01 Å². The smallest absolute Gasteiger partial charge is 0.251 e. The molecule has 0 saturated carbocycles. The molecule has 1 atom stereocenters. The number of thiazole rings is 1. The Morgan fingerprint density at radius 3 is 2.64 bits per heavy atom. The van der Waals surface area contributed by atoms with E-state index < -0.39 is 16.1 Å². The summed E-state index contributed by atoms with van der Waals surface area (Å²) in [5.74, 6) is -0.419.